The Balaban J connectivity index is 2.03. The Kier molecular flexibility index (Phi) is 5.80. The number of carboxylic acids is 1. The monoisotopic (exact) mass is 346 g/mol. The van der Waals surface area contributed by atoms with E-state index in [9.17, 15) is 19.5 Å². The van der Waals surface area contributed by atoms with Crippen LogP contribution in [0.4, 0.5) is 0 Å². The predicted molar refractivity (Wildman–Crippen MR) is 89.1 cm³/mol. The zero-order valence-corrected chi connectivity index (χ0v) is 14.3. The maximum Gasteiger partial charge on any atom is 0.336 e. The maximum absolute atomic E-state index is 11.9. The SMILES string of the molecule is Cc1cc(=O)oc2cc(OCC(=O)N[C@@H](CC(C)C)C(=O)[O-])ccc12. The van der Waals surface area contributed by atoms with E-state index < -0.39 is 23.5 Å². The third-order valence-corrected chi connectivity index (χ3v) is 3.62. The van der Waals surface area contributed by atoms with Gasteiger partial charge in [0.05, 0.1) is 12.0 Å². The van der Waals surface area contributed by atoms with Gasteiger partial charge in [0.15, 0.2) is 6.61 Å². The van der Waals surface area contributed by atoms with Crippen LogP contribution in [0.1, 0.15) is 25.8 Å². The zero-order valence-electron chi connectivity index (χ0n) is 14.3. The van der Waals surface area contributed by atoms with Gasteiger partial charge >= 0.3 is 5.63 Å². The fourth-order valence-corrected chi connectivity index (χ4v) is 2.47. The number of carbonyl (C=O) groups excluding carboxylic acids is 2. The third-order valence-electron chi connectivity index (χ3n) is 3.62. The molecular formula is C18H20NO6-. The van der Waals surface area contributed by atoms with Crippen LogP contribution in [0, 0.1) is 12.8 Å². The summed E-state index contributed by atoms with van der Waals surface area (Å²) in [6.45, 7) is 5.14. The zero-order chi connectivity index (χ0) is 18.6. The van der Waals surface area contributed by atoms with Gasteiger partial charge in [0.2, 0.25) is 0 Å². The van der Waals surface area contributed by atoms with Gasteiger partial charge in [-0.2, -0.15) is 0 Å². The van der Waals surface area contributed by atoms with Crippen LogP contribution in [0.5, 0.6) is 5.75 Å². The molecule has 0 bridgehead atoms. The first kappa shape index (κ1) is 18.5. The van der Waals surface area contributed by atoms with Crippen molar-refractivity contribution in [1.82, 2.24) is 5.32 Å². The number of carboxylic acid groups (broad SMARTS) is 1. The molecule has 2 aromatic rings. The largest absolute Gasteiger partial charge is 0.548 e. The predicted octanol–water partition coefficient (Wildman–Crippen LogP) is 0.761. The molecule has 7 heteroatoms. The van der Waals surface area contributed by atoms with Crippen LogP contribution in [-0.4, -0.2) is 24.5 Å². The minimum Gasteiger partial charge on any atom is -0.548 e. The Labute approximate surface area is 144 Å². The molecule has 0 unspecified atom stereocenters. The number of hydrogen-bond acceptors (Lipinski definition) is 6. The van der Waals surface area contributed by atoms with E-state index in [0.717, 1.165) is 10.9 Å². The fraction of sp³-hybridized carbons (Fsp3) is 0.389. The van der Waals surface area contributed by atoms with Crippen LogP contribution in [0.3, 0.4) is 0 Å². The molecule has 0 fully saturated rings. The van der Waals surface area contributed by atoms with Crippen molar-refractivity contribution >= 4 is 22.8 Å². The Morgan fingerprint density at radius 2 is 2.00 bits per heavy atom. The molecule has 2 rings (SSSR count). The summed E-state index contributed by atoms with van der Waals surface area (Å²) >= 11 is 0. The minimum atomic E-state index is -1.33. The molecule has 0 aliphatic carbocycles. The van der Waals surface area contributed by atoms with Crippen molar-refractivity contribution in [1.29, 1.82) is 0 Å². The molecule has 0 aliphatic rings. The van der Waals surface area contributed by atoms with Crippen molar-refractivity contribution in [2.75, 3.05) is 6.61 Å². The van der Waals surface area contributed by atoms with E-state index in [-0.39, 0.29) is 18.9 Å². The first-order valence-corrected chi connectivity index (χ1v) is 7.94. The van der Waals surface area contributed by atoms with E-state index in [0.29, 0.717) is 11.3 Å². The minimum absolute atomic E-state index is 0.0933. The van der Waals surface area contributed by atoms with Crippen LogP contribution in [-0.2, 0) is 9.59 Å². The summed E-state index contributed by atoms with van der Waals surface area (Å²) in [4.78, 5) is 34.4. The first-order valence-electron chi connectivity index (χ1n) is 7.94. The van der Waals surface area contributed by atoms with Crippen LogP contribution < -0.4 is 20.8 Å². The van der Waals surface area contributed by atoms with Crippen LogP contribution >= 0.6 is 0 Å². The van der Waals surface area contributed by atoms with Gasteiger partial charge in [0.1, 0.15) is 11.3 Å². The van der Waals surface area contributed by atoms with E-state index in [1.165, 1.54) is 12.1 Å². The van der Waals surface area contributed by atoms with Crippen molar-refractivity contribution < 1.29 is 23.8 Å². The van der Waals surface area contributed by atoms with Crippen molar-refractivity contribution in [2.45, 2.75) is 33.2 Å². The Morgan fingerprint density at radius 1 is 1.28 bits per heavy atom. The second-order valence-corrected chi connectivity index (χ2v) is 6.26. The summed E-state index contributed by atoms with van der Waals surface area (Å²) in [5.74, 6) is -1.47. The van der Waals surface area contributed by atoms with Gasteiger partial charge in [-0.1, -0.05) is 13.8 Å². The lowest BCUT2D eigenvalue weighted by molar-refractivity contribution is -0.308. The Hall–Kier alpha value is -2.83. The van der Waals surface area contributed by atoms with Gasteiger partial charge < -0.3 is 24.4 Å². The molecule has 0 saturated heterocycles. The van der Waals surface area contributed by atoms with Crippen molar-refractivity contribution in [3.05, 3.63) is 40.2 Å². The lowest BCUT2D eigenvalue weighted by Gasteiger charge is -2.21. The van der Waals surface area contributed by atoms with E-state index >= 15 is 0 Å². The molecule has 134 valence electrons. The molecule has 0 aliphatic heterocycles. The second-order valence-electron chi connectivity index (χ2n) is 6.26. The summed E-state index contributed by atoms with van der Waals surface area (Å²) in [5.41, 5.74) is 0.668. The summed E-state index contributed by atoms with van der Waals surface area (Å²) in [6.07, 6.45) is 0.272. The number of fused-ring (bicyclic) bond motifs is 1. The Morgan fingerprint density at radius 3 is 2.64 bits per heavy atom. The summed E-state index contributed by atoms with van der Waals surface area (Å²) < 4.78 is 10.5. The first-order chi connectivity index (χ1) is 11.8. The smallest absolute Gasteiger partial charge is 0.336 e. The van der Waals surface area contributed by atoms with Gasteiger partial charge in [-0.15, -0.1) is 0 Å². The summed E-state index contributed by atoms with van der Waals surface area (Å²) in [6, 6.07) is 5.22. The number of benzene rings is 1. The molecule has 0 radical (unpaired) electrons. The number of rotatable bonds is 7. The maximum atomic E-state index is 11.9. The lowest BCUT2D eigenvalue weighted by Crippen LogP contribution is -2.49. The molecule has 1 amide bonds. The molecule has 1 aromatic carbocycles. The topological polar surface area (TPSA) is 109 Å². The van der Waals surface area contributed by atoms with Gasteiger partial charge in [-0.25, -0.2) is 4.79 Å². The molecule has 25 heavy (non-hydrogen) atoms. The fourth-order valence-electron chi connectivity index (χ4n) is 2.47. The highest BCUT2D eigenvalue weighted by molar-refractivity contribution is 5.84. The van der Waals surface area contributed by atoms with E-state index in [2.05, 4.69) is 5.32 Å². The van der Waals surface area contributed by atoms with Crippen molar-refractivity contribution in [3.8, 4) is 5.75 Å². The molecule has 1 N–H and O–H groups in total. The lowest BCUT2D eigenvalue weighted by atomic mass is 10.0. The van der Waals surface area contributed by atoms with E-state index in [1.807, 2.05) is 13.8 Å². The normalized spacial score (nSPS) is 12.2. The number of aliphatic carboxylic acids is 1. The second kappa shape index (κ2) is 7.83. The van der Waals surface area contributed by atoms with Gasteiger partial charge in [-0.05, 0) is 37.0 Å². The van der Waals surface area contributed by atoms with E-state index in [4.69, 9.17) is 9.15 Å². The number of hydrogen-bond donors (Lipinski definition) is 1. The quantitative estimate of drug-likeness (QED) is 0.742. The standard InChI is InChI=1S/C18H21NO6/c1-10(2)6-14(18(22)23)19-16(20)9-24-12-4-5-13-11(3)7-17(21)25-15(13)8-12/h4-5,7-8,10,14H,6,9H2,1-3H3,(H,19,20)(H,22,23)/p-1/t14-/m0/s1. The number of amides is 1. The average molecular weight is 346 g/mol. The molecule has 7 nitrogen and oxygen atoms in total. The number of carbonyl (C=O) groups is 2. The van der Waals surface area contributed by atoms with Crippen LogP contribution in [0.25, 0.3) is 11.0 Å². The van der Waals surface area contributed by atoms with E-state index in [1.54, 1.807) is 19.1 Å². The number of ether oxygens (including phenoxy) is 1. The number of nitrogens with one attached hydrogen (secondary N) is 1. The van der Waals surface area contributed by atoms with Gasteiger partial charge in [-0.3, -0.25) is 4.79 Å². The molecule has 0 spiro atoms. The average Bonchev–Trinajstić information content (AvgIpc) is 2.51. The van der Waals surface area contributed by atoms with Crippen molar-refractivity contribution in [3.63, 3.8) is 0 Å². The van der Waals surface area contributed by atoms with Crippen LogP contribution in [0.2, 0.25) is 0 Å². The highest BCUT2D eigenvalue weighted by Gasteiger charge is 2.15. The summed E-state index contributed by atoms with van der Waals surface area (Å²) in [7, 11) is 0. The molecule has 1 heterocycles. The highest BCUT2D eigenvalue weighted by atomic mass is 16.5. The third kappa shape index (κ3) is 5.07. The molecule has 1 atom stereocenters. The van der Waals surface area contributed by atoms with Gasteiger partial charge in [0, 0.05) is 17.5 Å². The van der Waals surface area contributed by atoms with Gasteiger partial charge in [0.25, 0.3) is 5.91 Å². The van der Waals surface area contributed by atoms with Crippen LogP contribution in [0.15, 0.2) is 33.5 Å². The highest BCUT2D eigenvalue weighted by Crippen LogP contribution is 2.22. The molecular weight excluding hydrogens is 326 g/mol. The molecule has 0 saturated carbocycles. The Bertz CT molecular complexity index is 839. The summed E-state index contributed by atoms with van der Waals surface area (Å²) in [5, 5.41) is 14.2. The van der Waals surface area contributed by atoms with Crippen molar-refractivity contribution in [2.24, 2.45) is 5.92 Å². The molecule has 1 aromatic heterocycles. The number of aryl methyl sites for hydroxylation is 1.